The molecule has 0 atom stereocenters. The van der Waals surface area contributed by atoms with Gasteiger partial charge in [-0.15, -0.1) is 0 Å². The number of hydrogen-bond donors (Lipinski definition) is 0. The van der Waals surface area contributed by atoms with E-state index in [9.17, 15) is 13.2 Å². The predicted molar refractivity (Wildman–Crippen MR) is 62.5 cm³/mol. The quantitative estimate of drug-likeness (QED) is 0.779. The van der Waals surface area contributed by atoms with Crippen LogP contribution in [0.4, 0.5) is 0 Å². The molecule has 0 unspecified atom stereocenters. The zero-order valence-corrected chi connectivity index (χ0v) is 10.9. The molecule has 7 heteroatoms. The standard InChI is InChI=1S/C9H9Cl2NO3S/c1-12(2)9(13)7-4-3-6(10)5-8(7)16(11,14)15/h3-5H,1-2H3. The van der Waals surface area contributed by atoms with Crippen LogP contribution in [0.15, 0.2) is 23.1 Å². The predicted octanol–water partition coefficient (Wildman–Crippen LogP) is 1.97. The number of carbonyl (C=O) groups excluding carboxylic acids is 1. The molecule has 1 amide bonds. The fraction of sp³-hybridized carbons (Fsp3) is 0.222. The second kappa shape index (κ2) is 4.61. The lowest BCUT2D eigenvalue weighted by atomic mass is 10.2. The largest absolute Gasteiger partial charge is 0.345 e. The summed E-state index contributed by atoms with van der Waals surface area (Å²) in [4.78, 5) is 12.7. The number of halogens is 2. The van der Waals surface area contributed by atoms with Gasteiger partial charge >= 0.3 is 0 Å². The zero-order chi connectivity index (χ0) is 12.5. The van der Waals surface area contributed by atoms with E-state index in [0.717, 1.165) is 6.07 Å². The van der Waals surface area contributed by atoms with Gasteiger partial charge in [-0.1, -0.05) is 11.6 Å². The molecule has 0 saturated carbocycles. The fourth-order valence-electron chi connectivity index (χ4n) is 1.12. The summed E-state index contributed by atoms with van der Waals surface area (Å²) in [6.07, 6.45) is 0. The average molecular weight is 282 g/mol. The summed E-state index contributed by atoms with van der Waals surface area (Å²) >= 11 is 5.66. The Labute approximate surface area is 103 Å². The molecule has 0 spiro atoms. The molecule has 4 nitrogen and oxygen atoms in total. The Morgan fingerprint density at radius 2 is 1.88 bits per heavy atom. The first-order valence-electron chi connectivity index (χ1n) is 4.19. The topological polar surface area (TPSA) is 54.5 Å². The van der Waals surface area contributed by atoms with Crippen LogP contribution in [0.2, 0.25) is 5.02 Å². The summed E-state index contributed by atoms with van der Waals surface area (Å²) < 4.78 is 22.5. The van der Waals surface area contributed by atoms with Gasteiger partial charge in [0.15, 0.2) is 0 Å². The van der Waals surface area contributed by atoms with Gasteiger partial charge in [-0.25, -0.2) is 8.42 Å². The van der Waals surface area contributed by atoms with Gasteiger partial charge in [0.25, 0.3) is 15.0 Å². The lowest BCUT2D eigenvalue weighted by Gasteiger charge is -2.12. The summed E-state index contributed by atoms with van der Waals surface area (Å²) in [5, 5.41) is 0.203. The lowest BCUT2D eigenvalue weighted by Crippen LogP contribution is -2.23. The van der Waals surface area contributed by atoms with Crippen LogP contribution in [0.3, 0.4) is 0 Å². The summed E-state index contributed by atoms with van der Waals surface area (Å²) in [5.41, 5.74) is 0.00407. The summed E-state index contributed by atoms with van der Waals surface area (Å²) in [5.74, 6) is -0.448. The summed E-state index contributed by atoms with van der Waals surface area (Å²) in [6, 6.07) is 3.92. The second-order valence-corrected chi connectivity index (χ2v) is 6.25. The first-order chi connectivity index (χ1) is 7.23. The van der Waals surface area contributed by atoms with Crippen molar-refractivity contribution in [3.05, 3.63) is 28.8 Å². The number of rotatable bonds is 2. The number of hydrogen-bond acceptors (Lipinski definition) is 3. The molecule has 0 aliphatic carbocycles. The van der Waals surface area contributed by atoms with Crippen molar-refractivity contribution in [3.8, 4) is 0 Å². The highest BCUT2D eigenvalue weighted by molar-refractivity contribution is 8.13. The van der Waals surface area contributed by atoms with E-state index in [1.807, 2.05) is 0 Å². The minimum atomic E-state index is -3.99. The minimum Gasteiger partial charge on any atom is -0.345 e. The first kappa shape index (κ1) is 13.3. The molecule has 0 fully saturated rings. The van der Waals surface area contributed by atoms with Crippen LogP contribution in [-0.4, -0.2) is 33.3 Å². The van der Waals surface area contributed by atoms with Crippen LogP contribution in [0, 0.1) is 0 Å². The van der Waals surface area contributed by atoms with E-state index in [1.165, 1.54) is 31.1 Å². The van der Waals surface area contributed by atoms with Gasteiger partial charge in [-0.2, -0.15) is 0 Å². The van der Waals surface area contributed by atoms with E-state index < -0.39 is 15.0 Å². The third-order valence-electron chi connectivity index (χ3n) is 1.84. The van der Waals surface area contributed by atoms with Gasteiger partial charge in [-0.05, 0) is 18.2 Å². The van der Waals surface area contributed by atoms with Crippen molar-refractivity contribution in [2.24, 2.45) is 0 Å². The molecule has 0 aliphatic heterocycles. The Morgan fingerprint density at radius 3 is 2.31 bits per heavy atom. The van der Waals surface area contributed by atoms with Gasteiger partial charge in [0.05, 0.1) is 10.5 Å². The average Bonchev–Trinajstić information content (AvgIpc) is 2.15. The minimum absolute atomic E-state index is 0.00407. The Bertz CT molecular complexity index is 526. The van der Waals surface area contributed by atoms with Crippen LogP contribution in [0.1, 0.15) is 10.4 Å². The molecule has 1 rings (SSSR count). The molecular formula is C9H9Cl2NO3S. The third kappa shape index (κ3) is 2.87. The first-order valence-corrected chi connectivity index (χ1v) is 6.88. The molecule has 88 valence electrons. The van der Waals surface area contributed by atoms with E-state index in [-0.39, 0.29) is 15.5 Å². The second-order valence-electron chi connectivity index (χ2n) is 3.28. The Morgan fingerprint density at radius 1 is 1.31 bits per heavy atom. The van der Waals surface area contributed by atoms with Gasteiger partial charge in [0.1, 0.15) is 0 Å². The maximum Gasteiger partial charge on any atom is 0.262 e. The van der Waals surface area contributed by atoms with E-state index in [4.69, 9.17) is 22.3 Å². The summed E-state index contributed by atoms with van der Waals surface area (Å²) in [6.45, 7) is 0. The van der Waals surface area contributed by atoms with Gasteiger partial charge < -0.3 is 4.90 Å². The van der Waals surface area contributed by atoms with E-state index in [0.29, 0.717) is 0 Å². The van der Waals surface area contributed by atoms with Crippen LogP contribution in [-0.2, 0) is 9.05 Å². The molecule has 1 aromatic rings. The molecular weight excluding hydrogens is 273 g/mol. The van der Waals surface area contributed by atoms with Crippen molar-refractivity contribution in [2.45, 2.75) is 4.90 Å². The number of carbonyl (C=O) groups is 1. The van der Waals surface area contributed by atoms with Gasteiger partial charge in [0, 0.05) is 29.8 Å². The third-order valence-corrected chi connectivity index (χ3v) is 3.44. The summed E-state index contributed by atoms with van der Waals surface area (Å²) in [7, 11) is 4.26. The van der Waals surface area contributed by atoms with Crippen molar-refractivity contribution in [1.82, 2.24) is 4.90 Å². The van der Waals surface area contributed by atoms with E-state index >= 15 is 0 Å². The molecule has 0 radical (unpaired) electrons. The molecule has 0 aliphatic rings. The van der Waals surface area contributed by atoms with Crippen LogP contribution in [0.5, 0.6) is 0 Å². The zero-order valence-electron chi connectivity index (χ0n) is 8.57. The Hall–Kier alpha value is -0.780. The molecule has 0 aromatic heterocycles. The van der Waals surface area contributed by atoms with E-state index in [2.05, 4.69) is 0 Å². The maximum absolute atomic E-state index is 11.7. The monoisotopic (exact) mass is 281 g/mol. The van der Waals surface area contributed by atoms with Crippen LogP contribution in [0.25, 0.3) is 0 Å². The Balaban J connectivity index is 3.47. The van der Waals surface area contributed by atoms with E-state index in [1.54, 1.807) is 0 Å². The van der Waals surface area contributed by atoms with Crippen molar-refractivity contribution >= 4 is 37.2 Å². The van der Waals surface area contributed by atoms with Gasteiger partial charge in [0.2, 0.25) is 0 Å². The van der Waals surface area contributed by atoms with Crippen molar-refractivity contribution in [2.75, 3.05) is 14.1 Å². The normalized spacial score (nSPS) is 11.2. The van der Waals surface area contributed by atoms with Crippen LogP contribution >= 0.6 is 22.3 Å². The fourth-order valence-corrected chi connectivity index (χ4v) is 2.42. The van der Waals surface area contributed by atoms with Crippen molar-refractivity contribution in [1.29, 1.82) is 0 Å². The maximum atomic E-state index is 11.7. The SMILES string of the molecule is CN(C)C(=O)c1ccc(Cl)cc1S(=O)(=O)Cl. The molecule has 0 heterocycles. The van der Waals surface area contributed by atoms with Crippen molar-refractivity contribution in [3.63, 3.8) is 0 Å². The molecule has 1 aromatic carbocycles. The van der Waals surface area contributed by atoms with Crippen LogP contribution < -0.4 is 0 Å². The number of amides is 1. The molecule has 0 bridgehead atoms. The highest BCUT2D eigenvalue weighted by Crippen LogP contribution is 2.24. The van der Waals surface area contributed by atoms with Crippen molar-refractivity contribution < 1.29 is 13.2 Å². The molecule has 16 heavy (non-hydrogen) atoms. The molecule has 0 saturated heterocycles. The number of nitrogens with zero attached hydrogens (tertiary/aromatic N) is 1. The highest BCUT2D eigenvalue weighted by atomic mass is 35.7. The number of benzene rings is 1. The van der Waals surface area contributed by atoms with Gasteiger partial charge in [-0.3, -0.25) is 4.79 Å². The molecule has 0 N–H and O–H groups in total. The Kier molecular flexibility index (Phi) is 3.83. The highest BCUT2D eigenvalue weighted by Gasteiger charge is 2.21. The lowest BCUT2D eigenvalue weighted by molar-refractivity contribution is 0.0824. The smallest absolute Gasteiger partial charge is 0.262 e.